The second kappa shape index (κ2) is 4.78. The summed E-state index contributed by atoms with van der Waals surface area (Å²) in [7, 11) is 1.97. The number of fused-ring (bicyclic) bond motifs is 1. The van der Waals surface area contributed by atoms with Crippen molar-refractivity contribution in [3.05, 3.63) is 53.7 Å². The van der Waals surface area contributed by atoms with Crippen LogP contribution in [0.4, 0.5) is 0 Å². The average Bonchev–Trinajstić information content (AvgIpc) is 2.80. The summed E-state index contributed by atoms with van der Waals surface area (Å²) < 4.78 is 1.88. The molecule has 0 atom stereocenters. The number of rotatable bonds is 2. The van der Waals surface area contributed by atoms with Gasteiger partial charge in [0.05, 0.1) is 5.52 Å². The van der Waals surface area contributed by atoms with Crippen molar-refractivity contribution in [3.8, 4) is 11.1 Å². The fourth-order valence-corrected chi connectivity index (χ4v) is 2.66. The van der Waals surface area contributed by atoms with Crippen molar-refractivity contribution < 1.29 is 0 Å². The topological polar surface area (TPSA) is 17.8 Å². The van der Waals surface area contributed by atoms with Crippen LogP contribution in [-0.2, 0) is 7.05 Å². The maximum absolute atomic E-state index is 4.50. The molecule has 2 nitrogen and oxygen atoms in total. The predicted octanol–water partition coefficient (Wildman–Crippen LogP) is 4.67. The molecule has 2 heteroatoms. The third-order valence-electron chi connectivity index (χ3n) is 3.82. The number of hydrogen-bond acceptors (Lipinski definition) is 1. The fraction of sp³-hybridized carbons (Fsp3) is 0.278. The van der Waals surface area contributed by atoms with E-state index in [1.165, 1.54) is 27.6 Å². The highest BCUT2D eigenvalue weighted by Crippen LogP contribution is 2.27. The Labute approximate surface area is 120 Å². The zero-order valence-electron chi connectivity index (χ0n) is 12.5. The van der Waals surface area contributed by atoms with Crippen LogP contribution in [0.2, 0.25) is 0 Å². The van der Waals surface area contributed by atoms with Crippen LogP contribution >= 0.6 is 0 Å². The molecule has 0 aliphatic rings. The number of aryl methyl sites for hydroxylation is 2. The monoisotopic (exact) mass is 264 g/mol. The number of nitrogens with zero attached hydrogens (tertiary/aromatic N) is 2. The first-order chi connectivity index (χ1) is 9.54. The van der Waals surface area contributed by atoms with Gasteiger partial charge in [-0.25, -0.2) is 0 Å². The summed E-state index contributed by atoms with van der Waals surface area (Å²) in [6, 6.07) is 13.3. The Morgan fingerprint density at radius 2 is 1.70 bits per heavy atom. The highest BCUT2D eigenvalue weighted by atomic mass is 15.2. The second-order valence-corrected chi connectivity index (χ2v) is 5.81. The van der Waals surface area contributed by atoms with E-state index in [-0.39, 0.29) is 0 Å². The Hall–Kier alpha value is -2.09. The Morgan fingerprint density at radius 1 is 1.00 bits per heavy atom. The molecular weight excluding hydrogens is 244 g/mol. The van der Waals surface area contributed by atoms with Crippen molar-refractivity contribution in [1.82, 2.24) is 9.78 Å². The zero-order chi connectivity index (χ0) is 14.3. The Balaban J connectivity index is 2.09. The van der Waals surface area contributed by atoms with Crippen LogP contribution in [-0.4, -0.2) is 9.78 Å². The lowest BCUT2D eigenvalue weighted by Crippen LogP contribution is -1.88. The van der Waals surface area contributed by atoms with Gasteiger partial charge in [-0.05, 0) is 47.2 Å². The van der Waals surface area contributed by atoms with Gasteiger partial charge in [0.2, 0.25) is 0 Å². The van der Waals surface area contributed by atoms with Gasteiger partial charge in [-0.2, -0.15) is 5.10 Å². The third kappa shape index (κ3) is 2.22. The lowest BCUT2D eigenvalue weighted by molar-refractivity contribution is 0.779. The van der Waals surface area contributed by atoms with Gasteiger partial charge in [-0.1, -0.05) is 38.1 Å². The molecule has 0 aliphatic heterocycles. The zero-order valence-corrected chi connectivity index (χ0v) is 12.5. The van der Waals surface area contributed by atoms with Gasteiger partial charge in [0.1, 0.15) is 0 Å². The molecule has 0 bridgehead atoms. The van der Waals surface area contributed by atoms with E-state index >= 15 is 0 Å². The first-order valence-electron chi connectivity index (χ1n) is 7.09. The summed E-state index contributed by atoms with van der Waals surface area (Å²) in [4.78, 5) is 0. The van der Waals surface area contributed by atoms with Crippen molar-refractivity contribution in [2.45, 2.75) is 26.7 Å². The van der Waals surface area contributed by atoms with Crippen molar-refractivity contribution in [1.29, 1.82) is 0 Å². The van der Waals surface area contributed by atoms with Crippen LogP contribution in [0.15, 0.2) is 42.6 Å². The van der Waals surface area contributed by atoms with Crippen molar-refractivity contribution >= 4 is 10.9 Å². The molecule has 0 aliphatic carbocycles. The van der Waals surface area contributed by atoms with E-state index in [0.717, 1.165) is 5.52 Å². The molecule has 3 aromatic rings. The van der Waals surface area contributed by atoms with Crippen LogP contribution < -0.4 is 0 Å². The summed E-state index contributed by atoms with van der Waals surface area (Å²) in [5, 5.41) is 5.71. The maximum atomic E-state index is 4.50. The minimum Gasteiger partial charge on any atom is -0.275 e. The van der Waals surface area contributed by atoms with E-state index in [9.17, 15) is 0 Å². The molecule has 0 N–H and O–H groups in total. The predicted molar refractivity (Wildman–Crippen MR) is 85.0 cm³/mol. The van der Waals surface area contributed by atoms with Gasteiger partial charge in [-0.3, -0.25) is 4.68 Å². The lowest BCUT2D eigenvalue weighted by atomic mass is 9.97. The minimum absolute atomic E-state index is 0.576. The molecule has 1 heterocycles. The normalized spacial score (nSPS) is 11.4. The molecule has 0 spiro atoms. The van der Waals surface area contributed by atoms with Gasteiger partial charge in [0.15, 0.2) is 0 Å². The van der Waals surface area contributed by atoms with Crippen molar-refractivity contribution in [3.63, 3.8) is 0 Å². The van der Waals surface area contributed by atoms with Crippen molar-refractivity contribution in [2.75, 3.05) is 0 Å². The number of hydrogen-bond donors (Lipinski definition) is 0. The van der Waals surface area contributed by atoms with E-state index in [0.29, 0.717) is 5.92 Å². The molecule has 102 valence electrons. The van der Waals surface area contributed by atoms with Gasteiger partial charge in [0.25, 0.3) is 0 Å². The largest absolute Gasteiger partial charge is 0.275 e. The molecule has 0 amide bonds. The Bertz CT molecular complexity index is 749. The Kier molecular flexibility index (Phi) is 3.09. The first kappa shape index (κ1) is 12.9. The third-order valence-corrected chi connectivity index (χ3v) is 3.82. The molecule has 1 aromatic heterocycles. The molecule has 0 saturated heterocycles. The van der Waals surface area contributed by atoms with Gasteiger partial charge < -0.3 is 0 Å². The van der Waals surface area contributed by atoms with E-state index in [1.807, 2.05) is 11.7 Å². The van der Waals surface area contributed by atoms with E-state index in [4.69, 9.17) is 0 Å². The summed E-state index contributed by atoms with van der Waals surface area (Å²) in [5.74, 6) is 0.576. The molecule has 0 unspecified atom stereocenters. The summed E-state index contributed by atoms with van der Waals surface area (Å²) in [6.45, 7) is 6.57. The SMILES string of the molecule is Cc1cc(-c2ccc(C(C)C)cc2)cc2cn(C)nc12. The molecule has 0 fully saturated rings. The van der Waals surface area contributed by atoms with Crippen LogP contribution in [0.3, 0.4) is 0 Å². The lowest BCUT2D eigenvalue weighted by Gasteiger charge is -2.08. The highest BCUT2D eigenvalue weighted by Gasteiger charge is 2.07. The van der Waals surface area contributed by atoms with Crippen molar-refractivity contribution in [2.24, 2.45) is 7.05 Å². The van der Waals surface area contributed by atoms with Crippen LogP contribution in [0.5, 0.6) is 0 Å². The average molecular weight is 264 g/mol. The number of aromatic nitrogens is 2. The smallest absolute Gasteiger partial charge is 0.0952 e. The summed E-state index contributed by atoms with van der Waals surface area (Å²) in [6.07, 6.45) is 2.08. The molecule has 0 saturated carbocycles. The molecule has 2 aromatic carbocycles. The Morgan fingerprint density at radius 3 is 2.35 bits per heavy atom. The molecular formula is C18H20N2. The highest BCUT2D eigenvalue weighted by molar-refractivity contribution is 5.87. The quantitative estimate of drug-likeness (QED) is 0.657. The maximum Gasteiger partial charge on any atom is 0.0952 e. The summed E-state index contributed by atoms with van der Waals surface area (Å²) in [5.41, 5.74) is 6.23. The van der Waals surface area contributed by atoms with E-state index in [2.05, 4.69) is 68.5 Å². The van der Waals surface area contributed by atoms with Gasteiger partial charge >= 0.3 is 0 Å². The van der Waals surface area contributed by atoms with Gasteiger partial charge in [-0.15, -0.1) is 0 Å². The van der Waals surface area contributed by atoms with Crippen LogP contribution in [0, 0.1) is 6.92 Å². The van der Waals surface area contributed by atoms with Crippen LogP contribution in [0.25, 0.3) is 22.0 Å². The fourth-order valence-electron chi connectivity index (χ4n) is 2.66. The minimum atomic E-state index is 0.576. The number of benzene rings is 2. The molecule has 0 radical (unpaired) electrons. The van der Waals surface area contributed by atoms with E-state index in [1.54, 1.807) is 0 Å². The molecule has 20 heavy (non-hydrogen) atoms. The van der Waals surface area contributed by atoms with E-state index < -0.39 is 0 Å². The summed E-state index contributed by atoms with van der Waals surface area (Å²) >= 11 is 0. The molecule has 3 rings (SSSR count). The second-order valence-electron chi connectivity index (χ2n) is 5.81. The standard InChI is InChI=1S/C18H20N2/c1-12(2)14-5-7-15(8-6-14)16-9-13(3)18-17(10-16)11-20(4)19-18/h5-12H,1-4H3. The van der Waals surface area contributed by atoms with Gasteiger partial charge in [0, 0.05) is 18.6 Å². The van der Waals surface area contributed by atoms with Crippen LogP contribution in [0.1, 0.15) is 30.9 Å². The first-order valence-corrected chi connectivity index (χ1v) is 7.09.